The third kappa shape index (κ3) is 0. The van der Waals surface area contributed by atoms with Gasteiger partial charge in [0.25, 0.3) is 0 Å². The fourth-order valence-corrected chi connectivity index (χ4v) is 0. The van der Waals surface area contributed by atoms with Gasteiger partial charge >= 0.3 is 0 Å². The Morgan fingerprint density at radius 3 is 0.122 bits per heavy atom. The zero-order valence-corrected chi connectivity index (χ0v) is 32.5. The lowest BCUT2D eigenvalue weighted by Crippen LogP contribution is -1.27. The fraction of sp³-hybridized carbons (Fsp3) is 1.00. The minimum atomic E-state index is 0. The SMILES string of the molecule is C.C.C.C.C.CCC.CCC.CCC.CCC.CCC.CCC.CCC.CCC.CCC.CCC.CCC.CCC. The predicted molar refractivity (Wildman–Crippen MR) is 225 cm³/mol. The van der Waals surface area contributed by atoms with Crippen LogP contribution in [0, 0.1) is 0 Å². The summed E-state index contributed by atoms with van der Waals surface area (Å²) in [6, 6.07) is 0. The summed E-state index contributed by atoms with van der Waals surface area (Å²) in [5.41, 5.74) is 0. The van der Waals surface area contributed by atoms with Crippen molar-refractivity contribution >= 4 is 0 Å². The van der Waals surface area contributed by atoms with E-state index in [-0.39, 0.29) is 37.1 Å². The minimum absolute atomic E-state index is 0. The molecule has 0 bridgehead atoms. The lowest BCUT2D eigenvalue weighted by molar-refractivity contribution is 1.09. The molecular weight excluding hydrogens is 492 g/mol. The molecule has 0 rings (SSSR count). The Morgan fingerprint density at radius 2 is 0.122 bits per heavy atom. The molecule has 0 spiro atoms. The largest absolute Gasteiger partial charge is 0.0776 e. The minimum Gasteiger partial charge on any atom is -0.0776 e. The summed E-state index contributed by atoms with van der Waals surface area (Å²) >= 11 is 0. The number of rotatable bonds is 0. The molecule has 0 saturated heterocycles. The molecule has 0 heterocycles. The molecule has 0 radical (unpaired) electrons. The van der Waals surface area contributed by atoms with Crippen molar-refractivity contribution in [2.24, 2.45) is 0 Å². The molecule has 0 aliphatic heterocycles. The first-order valence-corrected chi connectivity index (χ1v) is 17.0. The van der Waals surface area contributed by atoms with Crippen LogP contribution in [0.1, 0.15) is 280 Å². The van der Waals surface area contributed by atoms with E-state index < -0.39 is 0 Å². The maximum Gasteiger partial charge on any atom is -0.0590 e. The Bertz CT molecular complexity index is 43.0. The summed E-state index contributed by atoms with van der Waals surface area (Å²) in [5, 5.41) is 0. The molecule has 41 heavy (non-hydrogen) atoms. The third-order valence-corrected chi connectivity index (χ3v) is 0. The van der Waals surface area contributed by atoms with E-state index in [1.165, 1.54) is 77.0 Å². The van der Waals surface area contributed by atoms with Gasteiger partial charge in [0.1, 0.15) is 0 Å². The average Bonchev–Trinajstić information content (AvgIpc) is 2.75. The molecule has 0 unspecified atom stereocenters. The topological polar surface area (TPSA) is 0 Å². The van der Waals surface area contributed by atoms with Gasteiger partial charge in [-0.2, -0.15) is 0 Å². The Morgan fingerprint density at radius 1 is 0.122 bits per heavy atom. The Balaban J connectivity index is -0.0000000101. The van der Waals surface area contributed by atoms with Crippen molar-refractivity contribution < 1.29 is 0 Å². The van der Waals surface area contributed by atoms with Crippen molar-refractivity contribution in [2.45, 2.75) is 280 Å². The third-order valence-electron chi connectivity index (χ3n) is 0. The molecular formula is C41H116. The summed E-state index contributed by atoms with van der Waals surface area (Å²) < 4.78 is 0. The van der Waals surface area contributed by atoms with E-state index in [1.54, 1.807) is 0 Å². The van der Waals surface area contributed by atoms with E-state index in [4.69, 9.17) is 0 Å². The van der Waals surface area contributed by atoms with Gasteiger partial charge in [-0.1, -0.05) is 280 Å². The zero-order valence-electron chi connectivity index (χ0n) is 32.5. The predicted octanol–water partition coefficient (Wildman–Crippen LogP) is 20.2. The second-order valence-electron chi connectivity index (χ2n) is 8.49. The molecule has 0 aromatic heterocycles. The van der Waals surface area contributed by atoms with Crippen LogP contribution in [0.25, 0.3) is 0 Å². The van der Waals surface area contributed by atoms with Crippen LogP contribution < -0.4 is 0 Å². The molecule has 0 nitrogen and oxygen atoms in total. The van der Waals surface area contributed by atoms with Crippen LogP contribution in [0.5, 0.6) is 0 Å². The number of hydrogen-bond donors (Lipinski definition) is 0. The summed E-state index contributed by atoms with van der Waals surface area (Å²) in [7, 11) is 0. The van der Waals surface area contributed by atoms with Crippen LogP contribution in [0.4, 0.5) is 0 Å². The summed E-state index contributed by atoms with van der Waals surface area (Å²) in [6.07, 6.45) is 15.0. The summed E-state index contributed by atoms with van der Waals surface area (Å²) in [6.45, 7) is 51.0. The van der Waals surface area contributed by atoms with Gasteiger partial charge in [0.2, 0.25) is 0 Å². The highest BCUT2D eigenvalue weighted by atomic mass is 13.5. The van der Waals surface area contributed by atoms with Crippen LogP contribution in [-0.4, -0.2) is 0 Å². The molecule has 0 aliphatic rings. The molecule has 0 aromatic rings. The van der Waals surface area contributed by atoms with Gasteiger partial charge in [0, 0.05) is 0 Å². The van der Waals surface area contributed by atoms with Crippen molar-refractivity contribution in [1.29, 1.82) is 0 Å². The first kappa shape index (κ1) is 114. The van der Waals surface area contributed by atoms with Crippen LogP contribution >= 0.6 is 0 Å². The molecule has 0 aromatic carbocycles. The molecule has 0 fully saturated rings. The Hall–Kier alpha value is 0. The fourth-order valence-electron chi connectivity index (χ4n) is 0. The van der Waals surface area contributed by atoms with Crippen molar-refractivity contribution in [1.82, 2.24) is 0 Å². The molecule has 0 saturated carbocycles. The lowest BCUT2D eigenvalue weighted by Gasteiger charge is -1.48. The normalized spacial score (nSPS) is 5.27. The highest BCUT2D eigenvalue weighted by molar-refractivity contribution is 3.95. The van der Waals surface area contributed by atoms with Crippen molar-refractivity contribution in [2.75, 3.05) is 0 Å². The van der Waals surface area contributed by atoms with E-state index in [9.17, 15) is 0 Å². The molecule has 0 N–H and O–H groups in total. The standard InChI is InChI=1S/12C3H8.5CH4/c12*1-3-2;;;;;/h12*3H2,1-2H3;5*1H4. The summed E-state index contributed by atoms with van der Waals surface area (Å²) in [5.74, 6) is 0. The molecule has 0 heteroatoms. The average molecular weight is 609 g/mol. The van der Waals surface area contributed by atoms with Gasteiger partial charge in [0.15, 0.2) is 0 Å². The molecule has 280 valence electrons. The first-order chi connectivity index (χ1) is 17.0. The highest BCUT2D eigenvalue weighted by Gasteiger charge is 1.38. The highest BCUT2D eigenvalue weighted by Crippen LogP contribution is 1.59. The first-order valence-electron chi connectivity index (χ1n) is 17.0. The van der Waals surface area contributed by atoms with Gasteiger partial charge in [-0.3, -0.25) is 0 Å². The zero-order chi connectivity index (χ0) is 32.5. The van der Waals surface area contributed by atoms with Crippen LogP contribution in [0.2, 0.25) is 0 Å². The second kappa shape index (κ2) is 422. The molecule has 0 amide bonds. The second-order valence-corrected chi connectivity index (χ2v) is 8.49. The summed E-state index contributed by atoms with van der Waals surface area (Å²) in [4.78, 5) is 0. The van der Waals surface area contributed by atoms with Gasteiger partial charge in [-0.15, -0.1) is 0 Å². The Kier molecular flexibility index (Phi) is 1170. The van der Waals surface area contributed by atoms with E-state index in [1.807, 2.05) is 0 Å². The van der Waals surface area contributed by atoms with Gasteiger partial charge in [0.05, 0.1) is 0 Å². The van der Waals surface area contributed by atoms with E-state index in [0.717, 1.165) is 0 Å². The van der Waals surface area contributed by atoms with Gasteiger partial charge < -0.3 is 0 Å². The van der Waals surface area contributed by atoms with Crippen LogP contribution in [0.3, 0.4) is 0 Å². The van der Waals surface area contributed by atoms with Crippen molar-refractivity contribution in [3.63, 3.8) is 0 Å². The van der Waals surface area contributed by atoms with Gasteiger partial charge in [-0.25, -0.2) is 0 Å². The van der Waals surface area contributed by atoms with Gasteiger partial charge in [-0.05, 0) is 0 Å². The maximum absolute atomic E-state index is 2.12. The quantitative estimate of drug-likeness (QED) is 0.256. The van der Waals surface area contributed by atoms with E-state index in [2.05, 4.69) is 166 Å². The monoisotopic (exact) mass is 609 g/mol. The van der Waals surface area contributed by atoms with Crippen LogP contribution in [0.15, 0.2) is 0 Å². The van der Waals surface area contributed by atoms with Crippen LogP contribution in [-0.2, 0) is 0 Å². The smallest absolute Gasteiger partial charge is 0.0590 e. The van der Waals surface area contributed by atoms with Crippen molar-refractivity contribution in [3.8, 4) is 0 Å². The van der Waals surface area contributed by atoms with E-state index >= 15 is 0 Å². The molecule has 0 aliphatic carbocycles. The Labute approximate surface area is 279 Å². The van der Waals surface area contributed by atoms with E-state index in [0.29, 0.717) is 0 Å². The lowest BCUT2D eigenvalue weighted by atomic mass is 10.6. The molecule has 0 atom stereocenters. The van der Waals surface area contributed by atoms with Crippen molar-refractivity contribution in [3.05, 3.63) is 0 Å². The maximum atomic E-state index is 2.12. The number of hydrogen-bond acceptors (Lipinski definition) is 0.